The maximum atomic E-state index is 12.7. The number of fused-ring (bicyclic) bond motifs is 1. The van der Waals surface area contributed by atoms with Gasteiger partial charge in [-0.05, 0) is 67.5 Å². The van der Waals surface area contributed by atoms with Gasteiger partial charge < -0.3 is 5.32 Å². The van der Waals surface area contributed by atoms with Crippen LogP contribution in [0.5, 0.6) is 0 Å². The molecule has 3 rings (SSSR count). The molecule has 1 aliphatic rings. The predicted octanol–water partition coefficient (Wildman–Crippen LogP) is 6.30. The van der Waals surface area contributed by atoms with Crippen molar-refractivity contribution in [1.82, 2.24) is 10.3 Å². The summed E-state index contributed by atoms with van der Waals surface area (Å²) < 4.78 is 0. The number of amides is 1. The molecule has 3 heteroatoms. The third-order valence-electron chi connectivity index (χ3n) is 6.55. The first-order valence-corrected chi connectivity index (χ1v) is 11.3. The summed E-state index contributed by atoms with van der Waals surface area (Å²) in [5.74, 6) is 1.73. The highest BCUT2D eigenvalue weighted by molar-refractivity contribution is 5.98. The molecule has 3 nitrogen and oxygen atoms in total. The average Bonchev–Trinajstić information content (AvgIpc) is 2.73. The van der Waals surface area contributed by atoms with E-state index in [1.807, 2.05) is 24.4 Å². The fourth-order valence-corrected chi connectivity index (χ4v) is 4.57. The number of benzene rings is 1. The van der Waals surface area contributed by atoms with Crippen molar-refractivity contribution in [1.29, 1.82) is 0 Å². The summed E-state index contributed by atoms with van der Waals surface area (Å²) in [7, 11) is 0. The molecule has 0 unspecified atom stereocenters. The van der Waals surface area contributed by atoms with Gasteiger partial charge in [-0.3, -0.25) is 9.78 Å². The minimum atomic E-state index is 0.0402. The van der Waals surface area contributed by atoms with Crippen LogP contribution in [0.3, 0.4) is 0 Å². The van der Waals surface area contributed by atoms with Crippen LogP contribution in [0.4, 0.5) is 0 Å². The van der Waals surface area contributed by atoms with Crippen molar-refractivity contribution < 1.29 is 4.79 Å². The topological polar surface area (TPSA) is 42.0 Å². The Morgan fingerprint density at radius 2 is 1.82 bits per heavy atom. The molecule has 1 amide bonds. The summed E-state index contributed by atoms with van der Waals surface area (Å²) in [6.45, 7) is 6.61. The smallest absolute Gasteiger partial charge is 0.251 e. The first kappa shape index (κ1) is 20.8. The summed E-state index contributed by atoms with van der Waals surface area (Å²) in [6, 6.07) is 8.43. The Bertz CT molecular complexity index is 777. The molecule has 0 spiro atoms. The first-order chi connectivity index (χ1) is 13.6. The Kier molecular flexibility index (Phi) is 7.47. The van der Waals surface area contributed by atoms with Crippen LogP contribution in [0.2, 0.25) is 0 Å². The molecule has 0 aliphatic heterocycles. The Labute approximate surface area is 170 Å². The second-order valence-corrected chi connectivity index (χ2v) is 8.60. The number of hydrogen-bond donors (Lipinski definition) is 1. The zero-order valence-electron chi connectivity index (χ0n) is 17.8. The number of nitrogens with one attached hydrogen (secondary N) is 1. The maximum absolute atomic E-state index is 12.7. The standard InChI is InChI=1S/C25H36N2O/c1-4-7-23(6-3)27-25(28)20-12-13-21-17-26-24(16-22(21)15-20)14-19-10-8-18(5-2)9-11-19/h12-13,15-19,23H,4-11,14H2,1-3H3,(H,27,28)/t18?,19?,23-/m1/s1. The van der Waals surface area contributed by atoms with Gasteiger partial charge in [0.1, 0.15) is 0 Å². The van der Waals surface area contributed by atoms with Crippen molar-refractivity contribution >= 4 is 16.7 Å². The van der Waals surface area contributed by atoms with Crippen molar-refractivity contribution in [2.75, 3.05) is 0 Å². The van der Waals surface area contributed by atoms with Gasteiger partial charge in [0.25, 0.3) is 5.91 Å². The third-order valence-corrected chi connectivity index (χ3v) is 6.55. The number of hydrogen-bond acceptors (Lipinski definition) is 2. The molecule has 1 aromatic heterocycles. The van der Waals surface area contributed by atoms with Crippen LogP contribution < -0.4 is 5.32 Å². The molecule has 1 atom stereocenters. The highest BCUT2D eigenvalue weighted by Crippen LogP contribution is 2.32. The zero-order valence-corrected chi connectivity index (χ0v) is 17.8. The SMILES string of the molecule is CCC[C@@H](CC)NC(=O)c1ccc2cnc(CC3CCC(CC)CC3)cc2c1. The van der Waals surface area contributed by atoms with Crippen LogP contribution in [-0.4, -0.2) is 16.9 Å². The van der Waals surface area contributed by atoms with Gasteiger partial charge in [0.05, 0.1) is 0 Å². The van der Waals surface area contributed by atoms with E-state index in [4.69, 9.17) is 4.98 Å². The van der Waals surface area contributed by atoms with E-state index in [-0.39, 0.29) is 11.9 Å². The number of rotatable bonds is 8. The highest BCUT2D eigenvalue weighted by atomic mass is 16.1. The monoisotopic (exact) mass is 380 g/mol. The summed E-state index contributed by atoms with van der Waals surface area (Å²) in [6.07, 6.45) is 12.9. The highest BCUT2D eigenvalue weighted by Gasteiger charge is 2.20. The van der Waals surface area contributed by atoms with Crippen molar-refractivity contribution in [2.45, 2.75) is 84.6 Å². The molecule has 1 saturated carbocycles. The van der Waals surface area contributed by atoms with E-state index in [1.165, 1.54) is 37.8 Å². The van der Waals surface area contributed by atoms with E-state index in [0.29, 0.717) is 0 Å². The van der Waals surface area contributed by atoms with Gasteiger partial charge in [-0.15, -0.1) is 0 Å². The summed E-state index contributed by atoms with van der Waals surface area (Å²) in [5.41, 5.74) is 1.92. The molecule has 28 heavy (non-hydrogen) atoms. The molecule has 0 radical (unpaired) electrons. The van der Waals surface area contributed by atoms with E-state index in [1.54, 1.807) is 0 Å². The Balaban J connectivity index is 1.69. The van der Waals surface area contributed by atoms with Crippen LogP contribution in [0.25, 0.3) is 10.8 Å². The van der Waals surface area contributed by atoms with E-state index >= 15 is 0 Å². The van der Waals surface area contributed by atoms with Gasteiger partial charge in [0.15, 0.2) is 0 Å². The van der Waals surface area contributed by atoms with Crippen molar-refractivity contribution in [3.63, 3.8) is 0 Å². The van der Waals surface area contributed by atoms with Crippen LogP contribution >= 0.6 is 0 Å². The summed E-state index contributed by atoms with van der Waals surface area (Å²) >= 11 is 0. The van der Waals surface area contributed by atoms with Gasteiger partial charge in [-0.25, -0.2) is 0 Å². The average molecular weight is 381 g/mol. The lowest BCUT2D eigenvalue weighted by molar-refractivity contribution is 0.0934. The minimum absolute atomic E-state index is 0.0402. The molecule has 2 aromatic rings. The fourth-order valence-electron chi connectivity index (χ4n) is 4.57. The van der Waals surface area contributed by atoms with Crippen LogP contribution in [-0.2, 0) is 6.42 Å². The van der Waals surface area contributed by atoms with E-state index in [2.05, 4.69) is 32.2 Å². The second-order valence-electron chi connectivity index (χ2n) is 8.60. The van der Waals surface area contributed by atoms with E-state index in [0.717, 1.165) is 53.9 Å². The van der Waals surface area contributed by atoms with Gasteiger partial charge >= 0.3 is 0 Å². The van der Waals surface area contributed by atoms with Crippen LogP contribution in [0.15, 0.2) is 30.5 Å². The lowest BCUT2D eigenvalue weighted by atomic mass is 9.79. The number of pyridine rings is 1. The zero-order chi connectivity index (χ0) is 19.9. The minimum Gasteiger partial charge on any atom is -0.349 e. The molecule has 0 saturated heterocycles. The largest absolute Gasteiger partial charge is 0.349 e. The summed E-state index contributed by atoms with van der Waals surface area (Å²) in [4.78, 5) is 17.4. The molecule has 1 fully saturated rings. The molecular weight excluding hydrogens is 344 g/mol. The fraction of sp³-hybridized carbons (Fsp3) is 0.600. The molecule has 1 heterocycles. The number of aromatic nitrogens is 1. The Hall–Kier alpha value is -1.90. The van der Waals surface area contributed by atoms with Crippen LogP contribution in [0.1, 0.15) is 88.2 Å². The lowest BCUT2D eigenvalue weighted by Crippen LogP contribution is -2.34. The lowest BCUT2D eigenvalue weighted by Gasteiger charge is -2.27. The molecule has 152 valence electrons. The second kappa shape index (κ2) is 10.0. The normalized spacial score (nSPS) is 20.8. The van der Waals surface area contributed by atoms with E-state index in [9.17, 15) is 4.79 Å². The van der Waals surface area contributed by atoms with Gasteiger partial charge in [-0.1, -0.05) is 52.5 Å². The Morgan fingerprint density at radius 1 is 1.07 bits per heavy atom. The molecule has 0 bridgehead atoms. The van der Waals surface area contributed by atoms with Crippen LogP contribution in [0, 0.1) is 11.8 Å². The molecular formula is C25H36N2O. The third kappa shape index (κ3) is 5.33. The van der Waals surface area contributed by atoms with Gasteiger partial charge in [0.2, 0.25) is 0 Å². The quantitative estimate of drug-likeness (QED) is 0.583. The first-order valence-electron chi connectivity index (χ1n) is 11.3. The van der Waals surface area contributed by atoms with Crippen molar-refractivity contribution in [3.8, 4) is 0 Å². The molecule has 1 aromatic carbocycles. The number of carbonyl (C=O) groups excluding carboxylic acids is 1. The number of nitrogens with zero attached hydrogens (tertiary/aromatic N) is 1. The van der Waals surface area contributed by atoms with Gasteiger partial charge in [0, 0.05) is 28.9 Å². The Morgan fingerprint density at radius 3 is 2.50 bits per heavy atom. The van der Waals surface area contributed by atoms with Gasteiger partial charge in [-0.2, -0.15) is 0 Å². The molecule has 1 N–H and O–H groups in total. The maximum Gasteiger partial charge on any atom is 0.251 e. The van der Waals surface area contributed by atoms with Crippen molar-refractivity contribution in [2.24, 2.45) is 11.8 Å². The molecule has 1 aliphatic carbocycles. The van der Waals surface area contributed by atoms with Crippen molar-refractivity contribution in [3.05, 3.63) is 41.7 Å². The predicted molar refractivity (Wildman–Crippen MR) is 118 cm³/mol. The number of carbonyl (C=O) groups is 1. The summed E-state index contributed by atoms with van der Waals surface area (Å²) in [5, 5.41) is 5.42. The van der Waals surface area contributed by atoms with E-state index < -0.39 is 0 Å².